The molecule has 0 spiro atoms. The van der Waals surface area contributed by atoms with E-state index in [1.165, 1.54) is 22.3 Å². The Morgan fingerprint density at radius 2 is 1.14 bits per heavy atom. The second-order valence-corrected chi connectivity index (χ2v) is 8.13. The molecule has 0 saturated carbocycles. The fourth-order valence-electron chi connectivity index (χ4n) is 2.47. The van der Waals surface area contributed by atoms with E-state index < -0.39 is 0 Å². The maximum absolute atomic E-state index is 3.83. The summed E-state index contributed by atoms with van der Waals surface area (Å²) in [6.45, 7) is 17.5. The normalized spacial score (nSPS) is 12.3. The van der Waals surface area contributed by atoms with Crippen LogP contribution in [0.4, 0.5) is 0 Å². The minimum Gasteiger partial charge on any atom is -0.0985 e. The summed E-state index contributed by atoms with van der Waals surface area (Å²) in [5.41, 5.74) is 6.81. The molecule has 0 N–H and O–H groups in total. The van der Waals surface area contributed by atoms with Gasteiger partial charge in [0.2, 0.25) is 0 Å². The molecule has 0 fully saturated rings. The lowest BCUT2D eigenvalue weighted by Gasteiger charge is -2.26. The first kappa shape index (κ1) is 16.5. The van der Waals surface area contributed by atoms with Gasteiger partial charge in [-0.1, -0.05) is 96.7 Å². The highest BCUT2D eigenvalue weighted by Gasteiger charge is 2.20. The molecule has 0 atom stereocenters. The molecule has 0 aliphatic heterocycles. The maximum Gasteiger partial charge on any atom is -0.0132 e. The summed E-state index contributed by atoms with van der Waals surface area (Å²) in [6.07, 6.45) is 1.88. The molecule has 22 heavy (non-hydrogen) atoms. The van der Waals surface area contributed by atoms with Crippen LogP contribution in [0.15, 0.2) is 49.0 Å². The lowest BCUT2D eigenvalue weighted by molar-refractivity contribution is 0.569. The van der Waals surface area contributed by atoms with E-state index in [1.54, 1.807) is 0 Å². The summed E-state index contributed by atoms with van der Waals surface area (Å²) in [6, 6.07) is 15.7. The molecule has 116 valence electrons. The summed E-state index contributed by atoms with van der Waals surface area (Å²) in [7, 11) is 0. The Kier molecular flexibility index (Phi) is 4.33. The van der Waals surface area contributed by atoms with Crippen molar-refractivity contribution in [3.63, 3.8) is 0 Å². The van der Waals surface area contributed by atoms with E-state index in [0.717, 1.165) is 5.56 Å². The molecule has 0 aliphatic carbocycles. The van der Waals surface area contributed by atoms with Crippen molar-refractivity contribution in [1.82, 2.24) is 0 Å². The van der Waals surface area contributed by atoms with Gasteiger partial charge in [0, 0.05) is 0 Å². The number of hydrogen-bond donors (Lipinski definition) is 0. The van der Waals surface area contributed by atoms with Crippen molar-refractivity contribution in [1.29, 1.82) is 0 Å². The van der Waals surface area contributed by atoms with Gasteiger partial charge in [0.05, 0.1) is 0 Å². The lowest BCUT2D eigenvalue weighted by atomic mass is 9.79. The Bertz CT molecular complexity index is 626. The van der Waals surface area contributed by atoms with Crippen molar-refractivity contribution in [3.8, 4) is 11.1 Å². The molecule has 0 bridgehead atoms. The van der Waals surface area contributed by atoms with E-state index in [4.69, 9.17) is 0 Å². The van der Waals surface area contributed by atoms with Crippen LogP contribution < -0.4 is 0 Å². The molecule has 0 saturated heterocycles. The molecule has 0 unspecified atom stereocenters. The minimum absolute atomic E-state index is 0.150. The van der Waals surface area contributed by atoms with Crippen molar-refractivity contribution in [3.05, 3.63) is 65.7 Å². The second kappa shape index (κ2) is 5.76. The van der Waals surface area contributed by atoms with E-state index in [2.05, 4.69) is 90.6 Å². The molecule has 0 heteroatoms. The first-order chi connectivity index (χ1) is 10.1. The van der Waals surface area contributed by atoms with Crippen LogP contribution in [0, 0.1) is 0 Å². The van der Waals surface area contributed by atoms with Gasteiger partial charge in [-0.3, -0.25) is 0 Å². The fraction of sp³-hybridized carbons (Fsp3) is 0.364. The van der Waals surface area contributed by atoms with Crippen molar-refractivity contribution < 1.29 is 0 Å². The Labute approximate surface area is 135 Å². The van der Waals surface area contributed by atoms with Gasteiger partial charge in [-0.2, -0.15) is 0 Å². The standard InChI is InChI=1S/C22H28/c1-8-16-9-11-17(12-10-16)18-13-19(21(2,3)4)15-20(14-18)22(5,6)7/h8-15H,1H2,2-7H3. The molecule has 2 aromatic rings. The van der Waals surface area contributed by atoms with Gasteiger partial charge < -0.3 is 0 Å². The first-order valence-electron chi connectivity index (χ1n) is 8.00. The zero-order valence-corrected chi connectivity index (χ0v) is 14.8. The average molecular weight is 292 g/mol. The SMILES string of the molecule is C=Cc1ccc(-c2cc(C(C)(C)C)cc(C(C)(C)C)c2)cc1. The van der Waals surface area contributed by atoms with Crippen LogP contribution >= 0.6 is 0 Å². The third kappa shape index (κ3) is 3.68. The van der Waals surface area contributed by atoms with E-state index >= 15 is 0 Å². The summed E-state index contributed by atoms with van der Waals surface area (Å²) in [4.78, 5) is 0. The van der Waals surface area contributed by atoms with Crippen LogP contribution in [0.2, 0.25) is 0 Å². The average Bonchev–Trinajstić information content (AvgIpc) is 2.45. The molecule has 2 rings (SSSR count). The Morgan fingerprint density at radius 1 is 0.682 bits per heavy atom. The topological polar surface area (TPSA) is 0 Å². The van der Waals surface area contributed by atoms with E-state index in [1.807, 2.05) is 6.08 Å². The summed E-state index contributed by atoms with van der Waals surface area (Å²) in [5, 5.41) is 0. The van der Waals surface area contributed by atoms with E-state index in [0.29, 0.717) is 0 Å². The van der Waals surface area contributed by atoms with Crippen LogP contribution in [0.5, 0.6) is 0 Å². The number of hydrogen-bond acceptors (Lipinski definition) is 0. The van der Waals surface area contributed by atoms with E-state index in [9.17, 15) is 0 Å². The summed E-state index contributed by atoms with van der Waals surface area (Å²) < 4.78 is 0. The van der Waals surface area contributed by atoms with Crippen LogP contribution in [0.1, 0.15) is 58.2 Å². The van der Waals surface area contributed by atoms with Gasteiger partial charge in [0.25, 0.3) is 0 Å². The van der Waals surface area contributed by atoms with Crippen LogP contribution in [-0.2, 0) is 10.8 Å². The Balaban J connectivity index is 2.61. The number of rotatable bonds is 2. The second-order valence-electron chi connectivity index (χ2n) is 8.13. The first-order valence-corrected chi connectivity index (χ1v) is 8.00. The van der Waals surface area contributed by atoms with Crippen LogP contribution in [0.25, 0.3) is 17.2 Å². The highest BCUT2D eigenvalue weighted by Crippen LogP contribution is 2.34. The Hall–Kier alpha value is -1.82. The molecule has 0 amide bonds. The fourth-order valence-corrected chi connectivity index (χ4v) is 2.47. The van der Waals surface area contributed by atoms with Gasteiger partial charge in [0.15, 0.2) is 0 Å². The van der Waals surface area contributed by atoms with E-state index in [-0.39, 0.29) is 10.8 Å². The van der Waals surface area contributed by atoms with Crippen molar-refractivity contribution in [2.24, 2.45) is 0 Å². The smallest absolute Gasteiger partial charge is 0.0132 e. The highest BCUT2D eigenvalue weighted by molar-refractivity contribution is 5.67. The third-order valence-corrected chi connectivity index (χ3v) is 4.14. The molecule has 0 radical (unpaired) electrons. The minimum atomic E-state index is 0.150. The van der Waals surface area contributed by atoms with Gasteiger partial charge in [-0.15, -0.1) is 0 Å². The molecule has 0 nitrogen and oxygen atoms in total. The Morgan fingerprint density at radius 3 is 1.50 bits per heavy atom. The highest BCUT2D eigenvalue weighted by atomic mass is 14.2. The van der Waals surface area contributed by atoms with Gasteiger partial charge in [0.1, 0.15) is 0 Å². The van der Waals surface area contributed by atoms with Crippen molar-refractivity contribution in [2.45, 2.75) is 52.4 Å². The summed E-state index contributed by atoms with van der Waals surface area (Å²) >= 11 is 0. The molecular formula is C22H28. The van der Waals surface area contributed by atoms with Gasteiger partial charge >= 0.3 is 0 Å². The quantitative estimate of drug-likeness (QED) is 0.585. The molecule has 0 aliphatic rings. The largest absolute Gasteiger partial charge is 0.0985 e. The van der Waals surface area contributed by atoms with Crippen LogP contribution in [-0.4, -0.2) is 0 Å². The monoisotopic (exact) mass is 292 g/mol. The molecule has 0 aromatic heterocycles. The van der Waals surface area contributed by atoms with Gasteiger partial charge in [-0.05, 0) is 38.6 Å². The van der Waals surface area contributed by atoms with Crippen molar-refractivity contribution in [2.75, 3.05) is 0 Å². The third-order valence-electron chi connectivity index (χ3n) is 4.14. The zero-order chi connectivity index (χ0) is 16.5. The maximum atomic E-state index is 3.83. The summed E-state index contributed by atoms with van der Waals surface area (Å²) in [5.74, 6) is 0. The zero-order valence-electron chi connectivity index (χ0n) is 14.8. The van der Waals surface area contributed by atoms with Crippen molar-refractivity contribution >= 4 is 6.08 Å². The van der Waals surface area contributed by atoms with Gasteiger partial charge in [-0.25, -0.2) is 0 Å². The lowest BCUT2D eigenvalue weighted by Crippen LogP contribution is -2.16. The molecular weight excluding hydrogens is 264 g/mol. The predicted octanol–water partition coefficient (Wildman–Crippen LogP) is 6.59. The molecule has 2 aromatic carbocycles. The molecule has 0 heterocycles. The predicted molar refractivity (Wildman–Crippen MR) is 99.4 cm³/mol. The van der Waals surface area contributed by atoms with Crippen LogP contribution in [0.3, 0.4) is 0 Å². The number of benzene rings is 2.